The highest BCUT2D eigenvalue weighted by molar-refractivity contribution is 8.01. The first kappa shape index (κ1) is 22.0. The van der Waals surface area contributed by atoms with E-state index in [0.717, 1.165) is 11.1 Å². The summed E-state index contributed by atoms with van der Waals surface area (Å²) in [5.41, 5.74) is 1.73. The second-order valence-electron chi connectivity index (χ2n) is 6.93. The van der Waals surface area contributed by atoms with Crippen molar-refractivity contribution in [2.75, 3.05) is 20.8 Å². The number of methoxy groups -OCH3 is 2. The number of carbonyl (C=O) groups excluding carboxylic acids is 2. The summed E-state index contributed by atoms with van der Waals surface area (Å²) in [7, 11) is 3.14. The third kappa shape index (κ3) is 5.05. The fraction of sp³-hybridized carbons (Fsp3) is 0.364. The van der Waals surface area contributed by atoms with Gasteiger partial charge < -0.3 is 19.7 Å². The number of nitrogens with zero attached hydrogens (tertiary/aromatic N) is 1. The van der Waals surface area contributed by atoms with E-state index in [1.54, 1.807) is 43.0 Å². The van der Waals surface area contributed by atoms with Crippen LogP contribution in [0, 0.1) is 5.82 Å². The maximum Gasteiger partial charge on any atom is 0.236 e. The highest BCUT2D eigenvalue weighted by Crippen LogP contribution is 2.44. The van der Waals surface area contributed by atoms with Crippen LogP contribution >= 0.6 is 11.8 Å². The van der Waals surface area contributed by atoms with E-state index >= 15 is 0 Å². The summed E-state index contributed by atoms with van der Waals surface area (Å²) in [5, 5.41) is 2.43. The molecule has 8 heteroatoms. The van der Waals surface area contributed by atoms with E-state index in [9.17, 15) is 14.0 Å². The van der Waals surface area contributed by atoms with Gasteiger partial charge >= 0.3 is 0 Å². The predicted molar refractivity (Wildman–Crippen MR) is 114 cm³/mol. The zero-order chi connectivity index (χ0) is 21.7. The number of rotatable bonds is 8. The summed E-state index contributed by atoms with van der Waals surface area (Å²) in [6.07, 6.45) is 0.185. The highest BCUT2D eigenvalue weighted by Gasteiger charge is 2.38. The summed E-state index contributed by atoms with van der Waals surface area (Å²) in [5.74, 6) is 0.745. The van der Waals surface area contributed by atoms with Crippen LogP contribution in [-0.4, -0.2) is 42.7 Å². The lowest BCUT2D eigenvalue weighted by atomic mass is 10.1. The zero-order valence-electron chi connectivity index (χ0n) is 17.2. The molecule has 30 heavy (non-hydrogen) atoms. The number of thioether (sulfide) groups is 1. The first-order valence-electron chi connectivity index (χ1n) is 9.62. The van der Waals surface area contributed by atoms with Crippen LogP contribution in [0.3, 0.4) is 0 Å². The molecule has 1 heterocycles. The van der Waals surface area contributed by atoms with Gasteiger partial charge in [-0.15, -0.1) is 11.8 Å². The van der Waals surface area contributed by atoms with E-state index in [2.05, 4.69) is 5.32 Å². The number of halogens is 1. The Bertz CT molecular complexity index is 907. The Morgan fingerprint density at radius 2 is 1.83 bits per heavy atom. The van der Waals surface area contributed by atoms with Gasteiger partial charge in [-0.05, 0) is 42.3 Å². The third-order valence-corrected chi connectivity index (χ3v) is 6.32. The Labute approximate surface area is 179 Å². The Balaban J connectivity index is 1.63. The predicted octanol–water partition coefficient (Wildman–Crippen LogP) is 3.51. The number of ether oxygens (including phenoxy) is 2. The Hall–Kier alpha value is -2.74. The molecule has 0 radical (unpaired) electrons. The molecular weight excluding hydrogens is 407 g/mol. The van der Waals surface area contributed by atoms with E-state index in [-0.39, 0.29) is 34.7 Å². The number of hydrogen-bond acceptors (Lipinski definition) is 5. The zero-order valence-corrected chi connectivity index (χ0v) is 18.0. The summed E-state index contributed by atoms with van der Waals surface area (Å²) >= 11 is 1.54. The van der Waals surface area contributed by atoms with Gasteiger partial charge in [0.05, 0.1) is 19.5 Å². The lowest BCUT2D eigenvalue weighted by Crippen LogP contribution is -2.34. The van der Waals surface area contributed by atoms with Crippen molar-refractivity contribution in [2.24, 2.45) is 0 Å². The molecular formula is C22H25FN2O4S. The minimum absolute atomic E-state index is 0.00567. The molecule has 2 aromatic rings. The molecule has 2 aromatic carbocycles. The summed E-state index contributed by atoms with van der Waals surface area (Å²) in [6.45, 7) is 2.50. The van der Waals surface area contributed by atoms with Crippen LogP contribution in [-0.2, 0) is 16.1 Å². The van der Waals surface area contributed by atoms with Crippen LogP contribution in [0.4, 0.5) is 4.39 Å². The number of carbonyl (C=O) groups is 2. The Kier molecular flexibility index (Phi) is 7.20. The Morgan fingerprint density at radius 1 is 1.13 bits per heavy atom. The molecule has 1 aliphatic rings. The molecule has 3 rings (SSSR count). The number of amides is 2. The lowest BCUT2D eigenvalue weighted by Gasteiger charge is -2.24. The third-order valence-electron chi connectivity index (χ3n) is 4.92. The molecule has 2 unspecified atom stereocenters. The van der Waals surface area contributed by atoms with Gasteiger partial charge in [-0.3, -0.25) is 9.59 Å². The molecule has 0 bridgehead atoms. The van der Waals surface area contributed by atoms with Crippen molar-refractivity contribution in [3.8, 4) is 11.5 Å². The van der Waals surface area contributed by atoms with Crippen LogP contribution in [0.5, 0.6) is 11.5 Å². The van der Waals surface area contributed by atoms with Gasteiger partial charge in [-0.2, -0.15) is 0 Å². The Morgan fingerprint density at radius 3 is 2.50 bits per heavy atom. The fourth-order valence-corrected chi connectivity index (χ4v) is 4.58. The smallest absolute Gasteiger partial charge is 0.236 e. The van der Waals surface area contributed by atoms with Gasteiger partial charge in [0.25, 0.3) is 0 Å². The second-order valence-corrected chi connectivity index (χ2v) is 8.36. The van der Waals surface area contributed by atoms with E-state index in [4.69, 9.17) is 9.47 Å². The normalized spacial score (nSPS) is 18.4. The van der Waals surface area contributed by atoms with E-state index in [1.165, 1.54) is 12.1 Å². The van der Waals surface area contributed by atoms with Crippen molar-refractivity contribution < 1.29 is 23.5 Å². The number of hydrogen-bond donors (Lipinski definition) is 1. The topological polar surface area (TPSA) is 67.9 Å². The van der Waals surface area contributed by atoms with Crippen LogP contribution in [0.2, 0.25) is 0 Å². The van der Waals surface area contributed by atoms with E-state index < -0.39 is 0 Å². The molecule has 1 saturated heterocycles. The highest BCUT2D eigenvalue weighted by atomic mass is 32.2. The average Bonchev–Trinajstić information content (AvgIpc) is 3.05. The lowest BCUT2D eigenvalue weighted by molar-refractivity contribution is -0.130. The van der Waals surface area contributed by atoms with Crippen LogP contribution in [0.1, 0.15) is 29.8 Å². The summed E-state index contributed by atoms with van der Waals surface area (Å²) < 4.78 is 23.6. The van der Waals surface area contributed by atoms with E-state index in [1.807, 2.05) is 25.1 Å². The SMILES string of the molecule is COc1ccc(C2SC(C)C(=O)N2CCC(=O)NCc2ccc(F)cc2)cc1OC. The molecule has 0 aromatic heterocycles. The maximum atomic E-state index is 13.0. The molecule has 0 saturated carbocycles. The molecule has 1 fully saturated rings. The van der Waals surface area contributed by atoms with Gasteiger partial charge in [-0.25, -0.2) is 4.39 Å². The number of benzene rings is 2. The van der Waals surface area contributed by atoms with Crippen LogP contribution in [0.15, 0.2) is 42.5 Å². The monoisotopic (exact) mass is 432 g/mol. The molecule has 1 aliphatic heterocycles. The van der Waals surface area contributed by atoms with Gasteiger partial charge in [0.2, 0.25) is 11.8 Å². The number of nitrogens with one attached hydrogen (secondary N) is 1. The van der Waals surface area contributed by atoms with Crippen molar-refractivity contribution in [1.82, 2.24) is 10.2 Å². The van der Waals surface area contributed by atoms with Gasteiger partial charge in [-0.1, -0.05) is 18.2 Å². The van der Waals surface area contributed by atoms with Crippen molar-refractivity contribution in [3.05, 3.63) is 59.4 Å². The first-order chi connectivity index (χ1) is 14.4. The van der Waals surface area contributed by atoms with Crippen molar-refractivity contribution in [3.63, 3.8) is 0 Å². The first-order valence-corrected chi connectivity index (χ1v) is 10.6. The largest absolute Gasteiger partial charge is 0.493 e. The maximum absolute atomic E-state index is 13.0. The standard InChI is InChI=1S/C22H25FN2O4S/c1-14-21(27)25(11-10-20(26)24-13-15-4-7-17(23)8-5-15)22(30-14)16-6-9-18(28-2)19(12-16)29-3/h4-9,12,14,22H,10-11,13H2,1-3H3,(H,24,26). The molecule has 6 nitrogen and oxygen atoms in total. The van der Waals surface area contributed by atoms with Gasteiger partial charge in [0, 0.05) is 19.5 Å². The van der Waals surface area contributed by atoms with Gasteiger partial charge in [0.15, 0.2) is 11.5 Å². The second kappa shape index (κ2) is 9.84. The molecule has 160 valence electrons. The average molecular weight is 433 g/mol. The summed E-state index contributed by atoms with van der Waals surface area (Å²) in [6, 6.07) is 11.6. The van der Waals surface area contributed by atoms with Gasteiger partial charge in [0.1, 0.15) is 11.2 Å². The van der Waals surface area contributed by atoms with Crippen LogP contribution < -0.4 is 14.8 Å². The minimum atomic E-state index is -0.314. The van der Waals surface area contributed by atoms with Crippen molar-refractivity contribution >= 4 is 23.6 Å². The summed E-state index contributed by atoms with van der Waals surface area (Å²) in [4.78, 5) is 26.7. The fourth-order valence-electron chi connectivity index (χ4n) is 3.28. The van der Waals surface area contributed by atoms with E-state index in [0.29, 0.717) is 24.6 Å². The molecule has 1 N–H and O–H groups in total. The van der Waals surface area contributed by atoms with Crippen molar-refractivity contribution in [1.29, 1.82) is 0 Å². The molecule has 0 spiro atoms. The minimum Gasteiger partial charge on any atom is -0.493 e. The molecule has 2 atom stereocenters. The van der Waals surface area contributed by atoms with Crippen molar-refractivity contribution in [2.45, 2.75) is 30.5 Å². The molecule has 2 amide bonds. The van der Waals surface area contributed by atoms with Crippen LogP contribution in [0.25, 0.3) is 0 Å². The molecule has 0 aliphatic carbocycles. The quantitative estimate of drug-likeness (QED) is 0.691.